The molecule has 2 rings (SSSR count). The molecule has 1 aromatic carbocycles. The van der Waals surface area contributed by atoms with E-state index in [1.54, 1.807) is 12.1 Å². The van der Waals surface area contributed by atoms with Gasteiger partial charge in [-0.15, -0.1) is 0 Å². The van der Waals surface area contributed by atoms with Crippen LogP contribution in [0.1, 0.15) is 19.8 Å². The van der Waals surface area contributed by atoms with Crippen LogP contribution in [0.5, 0.6) is 0 Å². The van der Waals surface area contributed by atoms with Gasteiger partial charge in [-0.2, -0.15) is 0 Å². The number of nitrogens with zero attached hydrogens (tertiary/aromatic N) is 1. The fourth-order valence-electron chi connectivity index (χ4n) is 2.00. The maximum atomic E-state index is 10.7. The van der Waals surface area contributed by atoms with Gasteiger partial charge < -0.3 is 5.32 Å². The zero-order valence-electron chi connectivity index (χ0n) is 8.94. The van der Waals surface area contributed by atoms with Gasteiger partial charge in [0.25, 0.3) is 5.69 Å². The van der Waals surface area contributed by atoms with Gasteiger partial charge >= 0.3 is 0 Å². The van der Waals surface area contributed by atoms with Crippen LogP contribution < -0.4 is 5.32 Å². The lowest BCUT2D eigenvalue weighted by molar-refractivity contribution is -0.385. The van der Waals surface area contributed by atoms with Crippen LogP contribution in [0.3, 0.4) is 0 Å². The van der Waals surface area contributed by atoms with Crippen molar-refractivity contribution in [1.82, 2.24) is 0 Å². The summed E-state index contributed by atoms with van der Waals surface area (Å²) < 4.78 is 0.519. The molecule has 16 heavy (non-hydrogen) atoms. The fourth-order valence-corrected chi connectivity index (χ4v) is 2.39. The first kappa shape index (κ1) is 11.4. The van der Waals surface area contributed by atoms with Crippen molar-refractivity contribution in [2.75, 3.05) is 5.32 Å². The van der Waals surface area contributed by atoms with Gasteiger partial charge in [-0.25, -0.2) is 0 Å². The molecule has 0 amide bonds. The average Bonchev–Trinajstić information content (AvgIpc) is 2.18. The van der Waals surface area contributed by atoms with Crippen LogP contribution in [0.2, 0.25) is 0 Å². The molecular weight excluding hydrogens is 272 g/mol. The Morgan fingerprint density at radius 2 is 2.19 bits per heavy atom. The molecule has 1 N–H and O–H groups in total. The van der Waals surface area contributed by atoms with Crippen LogP contribution in [0.15, 0.2) is 22.7 Å². The quantitative estimate of drug-likeness (QED) is 0.682. The SMILES string of the molecule is CC1CC(Nc2ccc(Br)c([N+](=O)[O-])c2)C1. The molecule has 4 nitrogen and oxygen atoms in total. The third-order valence-electron chi connectivity index (χ3n) is 2.89. The second-order valence-corrected chi connectivity index (χ2v) is 5.20. The monoisotopic (exact) mass is 284 g/mol. The molecule has 1 aliphatic carbocycles. The van der Waals surface area contributed by atoms with E-state index in [4.69, 9.17) is 0 Å². The molecular formula is C11H13BrN2O2. The number of nitrogens with one attached hydrogen (secondary N) is 1. The van der Waals surface area contributed by atoms with Gasteiger partial charge in [0.1, 0.15) is 0 Å². The van der Waals surface area contributed by atoms with Gasteiger partial charge in [0, 0.05) is 17.8 Å². The van der Waals surface area contributed by atoms with E-state index in [1.807, 2.05) is 6.07 Å². The summed E-state index contributed by atoms with van der Waals surface area (Å²) in [6.07, 6.45) is 2.29. The zero-order valence-corrected chi connectivity index (χ0v) is 10.5. The summed E-state index contributed by atoms with van der Waals surface area (Å²) in [6.45, 7) is 2.21. The van der Waals surface area contributed by atoms with E-state index in [0.717, 1.165) is 24.4 Å². The Hall–Kier alpha value is -1.10. The van der Waals surface area contributed by atoms with Crippen molar-refractivity contribution in [2.45, 2.75) is 25.8 Å². The van der Waals surface area contributed by atoms with E-state index in [9.17, 15) is 10.1 Å². The molecule has 0 aliphatic heterocycles. The molecule has 0 saturated heterocycles. The molecule has 1 aliphatic rings. The van der Waals surface area contributed by atoms with Crippen LogP contribution in [-0.2, 0) is 0 Å². The Balaban J connectivity index is 2.10. The fraction of sp³-hybridized carbons (Fsp3) is 0.455. The number of nitro benzene ring substituents is 1. The second-order valence-electron chi connectivity index (χ2n) is 4.34. The number of halogens is 1. The van der Waals surface area contributed by atoms with Crippen molar-refractivity contribution in [3.63, 3.8) is 0 Å². The molecule has 1 aromatic rings. The summed E-state index contributed by atoms with van der Waals surface area (Å²) in [4.78, 5) is 10.4. The van der Waals surface area contributed by atoms with Crippen LogP contribution in [0, 0.1) is 16.0 Å². The number of benzene rings is 1. The summed E-state index contributed by atoms with van der Waals surface area (Å²) in [5.41, 5.74) is 0.934. The minimum Gasteiger partial charge on any atom is -0.382 e. The number of anilines is 1. The predicted molar refractivity (Wildman–Crippen MR) is 66.6 cm³/mol. The van der Waals surface area contributed by atoms with E-state index in [-0.39, 0.29) is 10.6 Å². The highest BCUT2D eigenvalue weighted by atomic mass is 79.9. The highest BCUT2D eigenvalue weighted by Crippen LogP contribution is 2.32. The first-order valence-electron chi connectivity index (χ1n) is 5.26. The van der Waals surface area contributed by atoms with E-state index in [2.05, 4.69) is 28.2 Å². The van der Waals surface area contributed by atoms with Crippen molar-refractivity contribution in [2.24, 2.45) is 5.92 Å². The normalized spacial score (nSPS) is 23.6. The van der Waals surface area contributed by atoms with Crippen LogP contribution >= 0.6 is 15.9 Å². The highest BCUT2D eigenvalue weighted by molar-refractivity contribution is 9.10. The predicted octanol–water partition coefficient (Wildman–Crippen LogP) is 3.57. The minimum atomic E-state index is -0.376. The zero-order chi connectivity index (χ0) is 11.7. The Kier molecular flexibility index (Phi) is 3.14. The molecule has 5 heteroatoms. The van der Waals surface area contributed by atoms with Crippen molar-refractivity contribution in [3.8, 4) is 0 Å². The molecule has 0 atom stereocenters. The largest absolute Gasteiger partial charge is 0.382 e. The van der Waals surface area contributed by atoms with Crippen LogP contribution in [0.25, 0.3) is 0 Å². The van der Waals surface area contributed by atoms with Crippen molar-refractivity contribution in [3.05, 3.63) is 32.8 Å². The number of hydrogen-bond acceptors (Lipinski definition) is 3. The number of hydrogen-bond donors (Lipinski definition) is 1. The third kappa shape index (κ3) is 2.35. The van der Waals surface area contributed by atoms with Crippen LogP contribution in [-0.4, -0.2) is 11.0 Å². The molecule has 0 radical (unpaired) electrons. The van der Waals surface area contributed by atoms with Crippen molar-refractivity contribution < 1.29 is 4.92 Å². The van der Waals surface area contributed by atoms with E-state index in [0.29, 0.717) is 10.5 Å². The maximum absolute atomic E-state index is 10.7. The Morgan fingerprint density at radius 3 is 2.75 bits per heavy atom. The van der Waals surface area contributed by atoms with Gasteiger partial charge in [0.05, 0.1) is 9.40 Å². The maximum Gasteiger partial charge on any atom is 0.285 e. The van der Waals surface area contributed by atoms with Gasteiger partial charge in [-0.05, 0) is 46.8 Å². The molecule has 0 bridgehead atoms. The first-order valence-corrected chi connectivity index (χ1v) is 6.06. The third-order valence-corrected chi connectivity index (χ3v) is 3.56. The standard InChI is InChI=1S/C11H13BrN2O2/c1-7-4-9(5-7)13-8-2-3-10(12)11(6-8)14(15)16/h2-3,6-7,9,13H,4-5H2,1H3. The lowest BCUT2D eigenvalue weighted by Crippen LogP contribution is -2.33. The van der Waals surface area contributed by atoms with Gasteiger partial charge in [0.2, 0.25) is 0 Å². The van der Waals surface area contributed by atoms with E-state index < -0.39 is 0 Å². The van der Waals surface area contributed by atoms with E-state index in [1.165, 1.54) is 0 Å². The van der Waals surface area contributed by atoms with Crippen molar-refractivity contribution in [1.29, 1.82) is 0 Å². The first-order chi connectivity index (χ1) is 7.56. The average molecular weight is 285 g/mol. The lowest BCUT2D eigenvalue weighted by Gasteiger charge is -2.34. The minimum absolute atomic E-state index is 0.109. The van der Waals surface area contributed by atoms with Gasteiger partial charge in [0.15, 0.2) is 0 Å². The van der Waals surface area contributed by atoms with Gasteiger partial charge in [-0.1, -0.05) is 6.92 Å². The molecule has 1 saturated carbocycles. The van der Waals surface area contributed by atoms with Crippen molar-refractivity contribution >= 4 is 27.3 Å². The summed E-state index contributed by atoms with van der Waals surface area (Å²) in [5.74, 6) is 0.767. The van der Waals surface area contributed by atoms with Crippen LogP contribution in [0.4, 0.5) is 11.4 Å². The number of nitro groups is 1. The van der Waals surface area contributed by atoms with E-state index >= 15 is 0 Å². The Morgan fingerprint density at radius 1 is 1.50 bits per heavy atom. The Labute approximate surface area is 102 Å². The molecule has 0 unspecified atom stereocenters. The topological polar surface area (TPSA) is 55.2 Å². The molecule has 0 heterocycles. The Bertz CT molecular complexity index is 416. The number of rotatable bonds is 3. The molecule has 0 aromatic heterocycles. The molecule has 86 valence electrons. The molecule has 0 spiro atoms. The summed E-state index contributed by atoms with van der Waals surface area (Å²) in [6, 6.07) is 5.62. The lowest BCUT2D eigenvalue weighted by atomic mass is 9.82. The van der Waals surface area contributed by atoms with Gasteiger partial charge in [-0.3, -0.25) is 10.1 Å². The highest BCUT2D eigenvalue weighted by Gasteiger charge is 2.25. The summed E-state index contributed by atoms with van der Waals surface area (Å²) in [5, 5.41) is 14.0. The summed E-state index contributed by atoms with van der Waals surface area (Å²) in [7, 11) is 0. The summed E-state index contributed by atoms with van der Waals surface area (Å²) >= 11 is 3.17. The second kappa shape index (κ2) is 4.41. The smallest absolute Gasteiger partial charge is 0.285 e. The molecule has 1 fully saturated rings.